The summed E-state index contributed by atoms with van der Waals surface area (Å²) in [4.78, 5) is 38.6. The van der Waals surface area contributed by atoms with Gasteiger partial charge in [-0.15, -0.1) is 0 Å². The zero-order valence-corrected chi connectivity index (χ0v) is 15.0. The third-order valence-corrected chi connectivity index (χ3v) is 6.52. The number of anilines is 1. The van der Waals surface area contributed by atoms with Gasteiger partial charge in [-0.2, -0.15) is 0 Å². The number of amides is 3. The van der Waals surface area contributed by atoms with Gasteiger partial charge in [-0.25, -0.2) is 0 Å². The van der Waals surface area contributed by atoms with Crippen LogP contribution in [0, 0.1) is 23.7 Å². The van der Waals surface area contributed by atoms with Gasteiger partial charge in [0.15, 0.2) is 0 Å². The second kappa shape index (κ2) is 6.29. The molecule has 132 valence electrons. The van der Waals surface area contributed by atoms with Crippen molar-refractivity contribution in [1.29, 1.82) is 0 Å². The van der Waals surface area contributed by atoms with E-state index < -0.39 is 0 Å². The fraction of sp³-hybridized carbons (Fsp3) is 0.500. The molecule has 4 rings (SSSR count). The van der Waals surface area contributed by atoms with Crippen LogP contribution in [-0.2, 0) is 14.4 Å². The van der Waals surface area contributed by atoms with E-state index in [9.17, 15) is 14.4 Å². The van der Waals surface area contributed by atoms with Crippen molar-refractivity contribution in [3.8, 4) is 0 Å². The average Bonchev–Trinajstić information content (AvgIpc) is 3.24. The lowest BCUT2D eigenvalue weighted by atomic mass is 9.81. The molecular weight excluding hydrogens is 363 g/mol. The van der Waals surface area contributed by atoms with Gasteiger partial charge in [-0.05, 0) is 49.3 Å². The van der Waals surface area contributed by atoms with Crippen LogP contribution < -0.4 is 5.32 Å². The molecule has 1 aromatic carbocycles. The molecule has 2 saturated carbocycles. The minimum absolute atomic E-state index is 0.0759. The molecule has 5 nitrogen and oxygen atoms in total. The van der Waals surface area contributed by atoms with E-state index in [1.54, 1.807) is 18.2 Å². The Morgan fingerprint density at radius 2 is 1.72 bits per heavy atom. The standard InChI is InChI=1S/C18H18Cl2N2O3/c19-12-4-3-11(8-13(12)20)21-14(23)5-6-22-17(24)15-9-1-2-10(7-9)16(15)18(22)25/h3-4,8-10,15-16H,1-2,5-7H2,(H,21,23)/t9-,10-,15-,16-/m0/s1. The van der Waals surface area contributed by atoms with E-state index in [1.165, 1.54) is 4.90 Å². The number of benzene rings is 1. The Balaban J connectivity index is 1.36. The van der Waals surface area contributed by atoms with Crippen molar-refractivity contribution in [3.05, 3.63) is 28.2 Å². The number of hydrogen-bond acceptors (Lipinski definition) is 3. The van der Waals surface area contributed by atoms with Crippen LogP contribution in [-0.4, -0.2) is 29.2 Å². The maximum absolute atomic E-state index is 12.6. The van der Waals surface area contributed by atoms with E-state index in [4.69, 9.17) is 23.2 Å². The predicted molar refractivity (Wildman–Crippen MR) is 94.2 cm³/mol. The smallest absolute Gasteiger partial charge is 0.233 e. The van der Waals surface area contributed by atoms with Crippen LogP contribution in [0.4, 0.5) is 5.69 Å². The fourth-order valence-electron chi connectivity index (χ4n) is 4.70. The monoisotopic (exact) mass is 380 g/mol. The highest BCUT2D eigenvalue weighted by Crippen LogP contribution is 2.56. The molecule has 3 aliphatic rings. The number of carbonyl (C=O) groups excluding carboxylic acids is 3. The number of likely N-dealkylation sites (tertiary alicyclic amines) is 1. The van der Waals surface area contributed by atoms with Gasteiger partial charge in [-0.3, -0.25) is 19.3 Å². The summed E-state index contributed by atoms with van der Waals surface area (Å²) in [5, 5.41) is 3.48. The lowest BCUT2D eigenvalue weighted by Crippen LogP contribution is -2.35. The van der Waals surface area contributed by atoms with E-state index in [1.807, 2.05) is 0 Å². The highest BCUT2D eigenvalue weighted by atomic mass is 35.5. The van der Waals surface area contributed by atoms with Crippen LogP contribution in [0.5, 0.6) is 0 Å². The normalized spacial score (nSPS) is 30.1. The molecule has 4 atom stereocenters. The van der Waals surface area contributed by atoms with Gasteiger partial charge in [0, 0.05) is 18.7 Å². The number of rotatable bonds is 4. The summed E-state index contributed by atoms with van der Waals surface area (Å²) in [6.07, 6.45) is 3.19. The molecule has 1 heterocycles. The molecule has 3 amide bonds. The first-order valence-corrected chi connectivity index (χ1v) is 9.31. The maximum Gasteiger partial charge on any atom is 0.233 e. The van der Waals surface area contributed by atoms with Gasteiger partial charge in [0.05, 0.1) is 21.9 Å². The first-order chi connectivity index (χ1) is 12.0. The van der Waals surface area contributed by atoms with E-state index in [-0.39, 0.29) is 42.5 Å². The fourth-order valence-corrected chi connectivity index (χ4v) is 5.00. The molecule has 0 unspecified atom stereocenters. The van der Waals surface area contributed by atoms with E-state index in [0.717, 1.165) is 19.3 Å². The number of nitrogens with zero attached hydrogens (tertiary/aromatic N) is 1. The molecule has 2 aliphatic carbocycles. The molecule has 0 aromatic heterocycles. The zero-order valence-electron chi connectivity index (χ0n) is 13.5. The second-order valence-corrected chi connectivity index (χ2v) is 7.95. The number of hydrogen-bond donors (Lipinski definition) is 1. The Bertz CT molecular complexity index is 739. The van der Waals surface area contributed by atoms with Crippen LogP contribution in [0.3, 0.4) is 0 Å². The Hall–Kier alpha value is -1.59. The highest BCUT2D eigenvalue weighted by Gasteiger charge is 2.60. The molecule has 1 aliphatic heterocycles. The average molecular weight is 381 g/mol. The third kappa shape index (κ3) is 2.83. The first-order valence-electron chi connectivity index (χ1n) is 8.56. The molecular formula is C18H18Cl2N2O3. The molecule has 1 saturated heterocycles. The molecule has 0 spiro atoms. The lowest BCUT2D eigenvalue weighted by molar-refractivity contribution is -0.140. The molecule has 3 fully saturated rings. The Morgan fingerprint density at radius 1 is 1.08 bits per heavy atom. The van der Waals surface area contributed by atoms with E-state index in [0.29, 0.717) is 27.6 Å². The maximum atomic E-state index is 12.6. The van der Waals surface area contributed by atoms with Crippen LogP contribution in [0.25, 0.3) is 0 Å². The van der Waals surface area contributed by atoms with Crippen LogP contribution in [0.15, 0.2) is 18.2 Å². The summed E-state index contributed by atoms with van der Waals surface area (Å²) >= 11 is 11.8. The van der Waals surface area contributed by atoms with Crippen molar-refractivity contribution >= 4 is 46.6 Å². The van der Waals surface area contributed by atoms with E-state index >= 15 is 0 Å². The first kappa shape index (κ1) is 16.9. The lowest BCUT2D eigenvalue weighted by Gasteiger charge is -2.19. The largest absolute Gasteiger partial charge is 0.326 e. The SMILES string of the molecule is O=C(CCN1C(=O)[C@H]2[C@H]3CC[C@@H](C3)[C@@H]2C1=O)Nc1ccc(Cl)c(Cl)c1. The molecule has 2 bridgehead atoms. The number of carbonyl (C=O) groups is 3. The van der Waals surface area contributed by atoms with Gasteiger partial charge in [0.25, 0.3) is 0 Å². The minimum atomic E-state index is -0.265. The van der Waals surface area contributed by atoms with Crippen molar-refractivity contribution in [2.45, 2.75) is 25.7 Å². The number of halogens is 2. The quantitative estimate of drug-likeness (QED) is 0.814. The van der Waals surface area contributed by atoms with Gasteiger partial charge in [0.1, 0.15) is 0 Å². The summed E-state index contributed by atoms with van der Waals surface area (Å²) in [5.74, 6) is 0.0323. The summed E-state index contributed by atoms with van der Waals surface area (Å²) in [6.45, 7) is 0.136. The Labute approximate surface area is 155 Å². The van der Waals surface area contributed by atoms with Crippen molar-refractivity contribution < 1.29 is 14.4 Å². The number of fused-ring (bicyclic) bond motifs is 5. The van der Waals surface area contributed by atoms with Crippen molar-refractivity contribution in [3.63, 3.8) is 0 Å². The topological polar surface area (TPSA) is 66.5 Å². The van der Waals surface area contributed by atoms with Gasteiger partial charge >= 0.3 is 0 Å². The summed E-state index contributed by atoms with van der Waals surface area (Å²) < 4.78 is 0. The van der Waals surface area contributed by atoms with E-state index in [2.05, 4.69) is 5.32 Å². The predicted octanol–water partition coefficient (Wildman–Crippen LogP) is 3.35. The summed E-state index contributed by atoms with van der Waals surface area (Å²) in [6, 6.07) is 4.82. The zero-order chi connectivity index (χ0) is 17.7. The number of imide groups is 1. The van der Waals surface area contributed by atoms with Crippen LogP contribution >= 0.6 is 23.2 Å². The Morgan fingerprint density at radius 3 is 2.32 bits per heavy atom. The molecule has 1 aromatic rings. The van der Waals surface area contributed by atoms with Crippen LogP contribution in [0.2, 0.25) is 10.0 Å². The Kier molecular flexibility index (Phi) is 4.24. The van der Waals surface area contributed by atoms with Crippen LogP contribution in [0.1, 0.15) is 25.7 Å². The minimum Gasteiger partial charge on any atom is -0.326 e. The molecule has 25 heavy (non-hydrogen) atoms. The summed E-state index contributed by atoms with van der Waals surface area (Å²) in [7, 11) is 0. The summed E-state index contributed by atoms with van der Waals surface area (Å²) in [5.41, 5.74) is 0.536. The molecule has 1 N–H and O–H groups in total. The van der Waals surface area contributed by atoms with Crippen molar-refractivity contribution in [2.75, 3.05) is 11.9 Å². The van der Waals surface area contributed by atoms with Crippen molar-refractivity contribution in [1.82, 2.24) is 4.90 Å². The number of nitrogens with one attached hydrogen (secondary N) is 1. The van der Waals surface area contributed by atoms with Gasteiger partial charge in [0.2, 0.25) is 17.7 Å². The molecule has 0 radical (unpaired) electrons. The second-order valence-electron chi connectivity index (χ2n) is 7.14. The highest BCUT2D eigenvalue weighted by molar-refractivity contribution is 6.42. The van der Waals surface area contributed by atoms with Gasteiger partial charge in [-0.1, -0.05) is 23.2 Å². The van der Waals surface area contributed by atoms with Gasteiger partial charge < -0.3 is 5.32 Å². The third-order valence-electron chi connectivity index (χ3n) is 5.78. The molecule has 7 heteroatoms. The van der Waals surface area contributed by atoms with Crippen molar-refractivity contribution in [2.24, 2.45) is 23.7 Å².